The molecule has 2 rings (SSSR count). The molecule has 1 aromatic heterocycles. The van der Waals surface area contributed by atoms with Gasteiger partial charge in [-0.1, -0.05) is 6.92 Å². The van der Waals surface area contributed by atoms with Crippen molar-refractivity contribution in [1.82, 2.24) is 15.1 Å². The lowest BCUT2D eigenvalue weighted by Crippen LogP contribution is -2.46. The van der Waals surface area contributed by atoms with Crippen molar-refractivity contribution in [3.8, 4) is 0 Å². The first kappa shape index (κ1) is 13.6. The molecule has 0 aromatic carbocycles. The molecule has 1 aliphatic rings. The molecule has 1 aliphatic heterocycles. The lowest BCUT2D eigenvalue weighted by Gasteiger charge is -2.34. The molecule has 2 heterocycles. The molecule has 0 bridgehead atoms. The number of piperazine rings is 1. The van der Waals surface area contributed by atoms with E-state index in [1.165, 1.54) is 31.6 Å². The molecular formula is C14H25N3O. The zero-order valence-corrected chi connectivity index (χ0v) is 11.6. The van der Waals surface area contributed by atoms with E-state index < -0.39 is 0 Å². The van der Waals surface area contributed by atoms with Crippen LogP contribution in [0.2, 0.25) is 0 Å². The van der Waals surface area contributed by atoms with Gasteiger partial charge in [-0.25, -0.2) is 0 Å². The van der Waals surface area contributed by atoms with E-state index in [1.54, 1.807) is 6.26 Å². The van der Waals surface area contributed by atoms with Crippen LogP contribution in [-0.2, 0) is 13.1 Å². The standard InChI is InChI=1S/C14H25N3O/c1-3-5-16-6-8-17(9-7-16)12-14-13(11-15-2)4-10-18-14/h4,10,15H,3,5-9,11-12H2,1-2H3. The molecule has 0 radical (unpaired) electrons. The van der Waals surface area contributed by atoms with E-state index in [9.17, 15) is 0 Å². The second kappa shape index (κ2) is 6.92. The second-order valence-electron chi connectivity index (χ2n) is 5.02. The highest BCUT2D eigenvalue weighted by atomic mass is 16.3. The van der Waals surface area contributed by atoms with Crippen molar-refractivity contribution >= 4 is 0 Å². The third-order valence-corrected chi connectivity index (χ3v) is 3.58. The molecule has 0 saturated carbocycles. The Hall–Kier alpha value is -0.840. The van der Waals surface area contributed by atoms with Gasteiger partial charge in [-0.2, -0.15) is 0 Å². The summed E-state index contributed by atoms with van der Waals surface area (Å²) in [4.78, 5) is 5.04. The number of hydrogen-bond acceptors (Lipinski definition) is 4. The molecule has 0 unspecified atom stereocenters. The van der Waals surface area contributed by atoms with E-state index in [0.29, 0.717) is 0 Å². The van der Waals surface area contributed by atoms with Crippen molar-refractivity contribution in [3.05, 3.63) is 23.7 Å². The van der Waals surface area contributed by atoms with Crippen LogP contribution in [0.3, 0.4) is 0 Å². The predicted molar refractivity (Wildman–Crippen MR) is 73.5 cm³/mol. The third-order valence-electron chi connectivity index (χ3n) is 3.58. The van der Waals surface area contributed by atoms with Crippen LogP contribution in [0, 0.1) is 0 Å². The van der Waals surface area contributed by atoms with E-state index in [0.717, 1.165) is 31.9 Å². The SMILES string of the molecule is CCCN1CCN(Cc2occc2CNC)CC1. The quantitative estimate of drug-likeness (QED) is 0.831. The molecule has 1 N–H and O–H groups in total. The van der Waals surface area contributed by atoms with Gasteiger partial charge in [-0.05, 0) is 26.1 Å². The van der Waals surface area contributed by atoms with Crippen molar-refractivity contribution in [1.29, 1.82) is 0 Å². The van der Waals surface area contributed by atoms with E-state index in [1.807, 2.05) is 7.05 Å². The third kappa shape index (κ3) is 3.57. The van der Waals surface area contributed by atoms with Crippen molar-refractivity contribution in [2.75, 3.05) is 39.8 Å². The normalized spacial score (nSPS) is 18.3. The first-order valence-electron chi connectivity index (χ1n) is 6.98. The van der Waals surface area contributed by atoms with Crippen LogP contribution in [0.5, 0.6) is 0 Å². The van der Waals surface area contributed by atoms with Gasteiger partial charge in [0.2, 0.25) is 0 Å². The largest absolute Gasteiger partial charge is 0.468 e. The summed E-state index contributed by atoms with van der Waals surface area (Å²) in [5, 5.41) is 3.18. The highest BCUT2D eigenvalue weighted by molar-refractivity contribution is 5.16. The zero-order valence-electron chi connectivity index (χ0n) is 11.6. The number of furan rings is 1. The molecule has 18 heavy (non-hydrogen) atoms. The Bertz CT molecular complexity index is 343. The van der Waals surface area contributed by atoms with Gasteiger partial charge >= 0.3 is 0 Å². The van der Waals surface area contributed by atoms with Gasteiger partial charge in [-0.15, -0.1) is 0 Å². The maximum absolute atomic E-state index is 5.60. The molecule has 4 heteroatoms. The van der Waals surface area contributed by atoms with Crippen LogP contribution in [0.1, 0.15) is 24.7 Å². The van der Waals surface area contributed by atoms with Gasteiger partial charge in [0.25, 0.3) is 0 Å². The van der Waals surface area contributed by atoms with Gasteiger partial charge in [0.05, 0.1) is 12.8 Å². The Labute approximate surface area is 110 Å². The summed E-state index contributed by atoms with van der Waals surface area (Å²) in [5.41, 5.74) is 1.29. The number of nitrogens with one attached hydrogen (secondary N) is 1. The molecule has 1 fully saturated rings. The Kier molecular flexibility index (Phi) is 5.23. The zero-order chi connectivity index (χ0) is 12.8. The van der Waals surface area contributed by atoms with Gasteiger partial charge in [0.1, 0.15) is 5.76 Å². The van der Waals surface area contributed by atoms with Crippen LogP contribution in [0.25, 0.3) is 0 Å². The smallest absolute Gasteiger partial charge is 0.122 e. The number of hydrogen-bond donors (Lipinski definition) is 1. The Morgan fingerprint density at radius 3 is 2.61 bits per heavy atom. The lowest BCUT2D eigenvalue weighted by atomic mass is 10.2. The minimum absolute atomic E-state index is 0.891. The van der Waals surface area contributed by atoms with Crippen molar-refractivity contribution in [2.24, 2.45) is 0 Å². The Morgan fingerprint density at radius 1 is 1.22 bits per heavy atom. The molecule has 102 valence electrons. The molecule has 0 spiro atoms. The minimum atomic E-state index is 0.891. The summed E-state index contributed by atoms with van der Waals surface area (Å²) in [6, 6.07) is 2.07. The number of nitrogens with zero attached hydrogens (tertiary/aromatic N) is 2. The van der Waals surface area contributed by atoms with Crippen LogP contribution in [-0.4, -0.2) is 49.6 Å². The molecule has 0 atom stereocenters. The van der Waals surface area contributed by atoms with E-state index in [-0.39, 0.29) is 0 Å². The average Bonchev–Trinajstić information content (AvgIpc) is 2.80. The highest BCUT2D eigenvalue weighted by Crippen LogP contribution is 2.14. The fourth-order valence-corrected chi connectivity index (χ4v) is 2.54. The predicted octanol–water partition coefficient (Wildman–Crippen LogP) is 1.53. The number of rotatable bonds is 6. The molecule has 0 amide bonds. The van der Waals surface area contributed by atoms with Crippen molar-refractivity contribution in [3.63, 3.8) is 0 Å². The Balaban J connectivity index is 1.82. The van der Waals surface area contributed by atoms with Gasteiger partial charge in [0, 0.05) is 38.3 Å². The average molecular weight is 251 g/mol. The lowest BCUT2D eigenvalue weighted by molar-refractivity contribution is 0.120. The van der Waals surface area contributed by atoms with Crippen LogP contribution in [0.15, 0.2) is 16.7 Å². The molecule has 0 aliphatic carbocycles. The Morgan fingerprint density at radius 2 is 1.94 bits per heavy atom. The summed E-state index contributed by atoms with van der Waals surface area (Å²) >= 11 is 0. The van der Waals surface area contributed by atoms with E-state index in [2.05, 4.69) is 28.1 Å². The molecular weight excluding hydrogens is 226 g/mol. The first-order valence-corrected chi connectivity index (χ1v) is 6.98. The van der Waals surface area contributed by atoms with Crippen molar-refractivity contribution in [2.45, 2.75) is 26.4 Å². The topological polar surface area (TPSA) is 31.6 Å². The summed E-state index contributed by atoms with van der Waals surface area (Å²) in [7, 11) is 1.97. The van der Waals surface area contributed by atoms with Gasteiger partial charge in [0.15, 0.2) is 0 Å². The van der Waals surface area contributed by atoms with Gasteiger partial charge < -0.3 is 14.6 Å². The molecule has 1 aromatic rings. The maximum Gasteiger partial charge on any atom is 0.122 e. The first-order chi connectivity index (χ1) is 8.83. The minimum Gasteiger partial charge on any atom is -0.468 e. The van der Waals surface area contributed by atoms with Crippen LogP contribution < -0.4 is 5.32 Å². The maximum atomic E-state index is 5.60. The molecule has 1 saturated heterocycles. The fraction of sp³-hybridized carbons (Fsp3) is 0.714. The summed E-state index contributed by atoms with van der Waals surface area (Å²) < 4.78 is 5.60. The highest BCUT2D eigenvalue weighted by Gasteiger charge is 2.18. The summed E-state index contributed by atoms with van der Waals surface area (Å²) in [5.74, 6) is 1.12. The van der Waals surface area contributed by atoms with Crippen molar-refractivity contribution < 1.29 is 4.42 Å². The monoisotopic (exact) mass is 251 g/mol. The summed E-state index contributed by atoms with van der Waals surface area (Å²) in [6.45, 7) is 10.0. The van der Waals surface area contributed by atoms with Gasteiger partial charge in [-0.3, -0.25) is 4.90 Å². The van der Waals surface area contributed by atoms with Crippen LogP contribution >= 0.6 is 0 Å². The van der Waals surface area contributed by atoms with Crippen LogP contribution in [0.4, 0.5) is 0 Å². The molecule has 4 nitrogen and oxygen atoms in total. The fourth-order valence-electron chi connectivity index (χ4n) is 2.54. The second-order valence-corrected chi connectivity index (χ2v) is 5.02. The summed E-state index contributed by atoms with van der Waals surface area (Å²) in [6.07, 6.45) is 3.06. The van der Waals surface area contributed by atoms with E-state index >= 15 is 0 Å². The van der Waals surface area contributed by atoms with E-state index in [4.69, 9.17) is 4.42 Å².